The van der Waals surface area contributed by atoms with Crippen molar-refractivity contribution in [1.29, 1.82) is 0 Å². The summed E-state index contributed by atoms with van der Waals surface area (Å²) in [6.45, 7) is 3.58. The van der Waals surface area contributed by atoms with Gasteiger partial charge in [0.15, 0.2) is 29.8 Å². The van der Waals surface area contributed by atoms with Gasteiger partial charge in [-0.2, -0.15) is 0 Å². The third-order valence-electron chi connectivity index (χ3n) is 6.82. The van der Waals surface area contributed by atoms with Gasteiger partial charge in [-0.25, -0.2) is 17.6 Å². The van der Waals surface area contributed by atoms with Crippen LogP contribution < -0.4 is 15.8 Å². The average Bonchev–Trinajstić information content (AvgIpc) is 3.14. The van der Waals surface area contributed by atoms with Crippen molar-refractivity contribution >= 4 is 22.7 Å². The quantitative estimate of drug-likeness (QED) is 0.236. The normalized spacial score (nSPS) is 19.1. The molecule has 1 aliphatic heterocycles. The Morgan fingerprint density at radius 1 is 1.09 bits per heavy atom. The molecule has 2 atom stereocenters. The Kier molecular flexibility index (Phi) is 5.55. The first-order chi connectivity index (χ1) is 16.3. The molecule has 5 rings (SSSR count). The highest BCUT2D eigenvalue weighted by Crippen LogP contribution is 2.37. The molecular weight excluding hydrogens is 452 g/mol. The zero-order valence-electron chi connectivity index (χ0n) is 18.4. The molecule has 178 valence electrons. The van der Waals surface area contributed by atoms with Crippen LogP contribution in [0.25, 0.3) is 10.9 Å². The maximum atomic E-state index is 13.8. The lowest BCUT2D eigenvalue weighted by molar-refractivity contribution is -0.929. The Labute approximate surface area is 192 Å². The van der Waals surface area contributed by atoms with Crippen LogP contribution in [-0.4, -0.2) is 29.5 Å². The Bertz CT molecular complexity index is 1340. The first-order valence-corrected chi connectivity index (χ1v) is 11.1. The number of hydrogen-bond donors (Lipinski definition) is 3. The van der Waals surface area contributed by atoms with E-state index in [9.17, 15) is 27.2 Å². The molecule has 34 heavy (non-hydrogen) atoms. The molecule has 1 aromatic heterocycles. The minimum atomic E-state index is -2.09. The number of rotatable bonds is 3. The van der Waals surface area contributed by atoms with Crippen LogP contribution in [0.4, 0.5) is 17.6 Å². The molecule has 0 spiro atoms. The summed E-state index contributed by atoms with van der Waals surface area (Å²) < 4.78 is 56.1. The predicted molar refractivity (Wildman–Crippen MR) is 115 cm³/mol. The van der Waals surface area contributed by atoms with Crippen LogP contribution in [0.1, 0.15) is 46.1 Å². The van der Waals surface area contributed by atoms with Crippen molar-refractivity contribution in [2.24, 2.45) is 0 Å². The molecule has 1 aliphatic carbocycles. The van der Waals surface area contributed by atoms with Crippen molar-refractivity contribution < 1.29 is 32.1 Å². The summed E-state index contributed by atoms with van der Waals surface area (Å²) in [6.07, 6.45) is 2.93. The lowest BCUT2D eigenvalue weighted by Gasteiger charge is -2.36. The molecule has 0 saturated heterocycles. The van der Waals surface area contributed by atoms with E-state index in [2.05, 4.69) is 35.1 Å². The van der Waals surface area contributed by atoms with Crippen LogP contribution >= 0.6 is 0 Å². The number of nitrogens with one attached hydrogen (secondary N) is 3. The van der Waals surface area contributed by atoms with Crippen molar-refractivity contribution in [3.05, 3.63) is 69.9 Å². The molecule has 2 aliphatic rings. The predicted octanol–water partition coefficient (Wildman–Crippen LogP) is 2.24. The van der Waals surface area contributed by atoms with Crippen molar-refractivity contribution in [3.63, 3.8) is 0 Å². The summed E-state index contributed by atoms with van der Waals surface area (Å²) in [5.74, 6) is -9.44. The van der Waals surface area contributed by atoms with E-state index < -0.39 is 40.6 Å². The summed E-state index contributed by atoms with van der Waals surface area (Å²) in [5.41, 5.74) is 8.08. The maximum absolute atomic E-state index is 13.8. The highest BCUT2D eigenvalue weighted by Gasteiger charge is 2.38. The van der Waals surface area contributed by atoms with E-state index in [1.165, 1.54) is 27.7 Å². The first-order valence-electron chi connectivity index (χ1n) is 11.1. The van der Waals surface area contributed by atoms with E-state index in [-0.39, 0.29) is 18.7 Å². The Balaban J connectivity index is 1.30. The number of nitrogens with zero attached hydrogens (tertiary/aromatic N) is 1. The van der Waals surface area contributed by atoms with Gasteiger partial charge in [-0.1, -0.05) is 11.6 Å². The number of hydrazine groups is 1. The zero-order chi connectivity index (χ0) is 24.1. The van der Waals surface area contributed by atoms with Gasteiger partial charge in [-0.3, -0.25) is 20.4 Å². The molecule has 2 heterocycles. The van der Waals surface area contributed by atoms with Crippen LogP contribution in [0.2, 0.25) is 0 Å². The van der Waals surface area contributed by atoms with E-state index in [0.29, 0.717) is 6.54 Å². The van der Waals surface area contributed by atoms with Crippen LogP contribution in [0.5, 0.6) is 0 Å². The third kappa shape index (κ3) is 3.62. The Morgan fingerprint density at radius 3 is 2.68 bits per heavy atom. The molecule has 0 radical (unpaired) electrons. The minimum absolute atomic E-state index is 0.0551. The number of halogens is 4. The molecule has 0 saturated carbocycles. The number of hydrogen-bond acceptors (Lipinski definition) is 2. The van der Waals surface area contributed by atoms with E-state index >= 15 is 0 Å². The van der Waals surface area contributed by atoms with Gasteiger partial charge < -0.3 is 9.47 Å². The second-order valence-corrected chi connectivity index (χ2v) is 8.92. The summed E-state index contributed by atoms with van der Waals surface area (Å²) in [5, 5.41) is 1.26. The molecule has 2 amide bonds. The van der Waals surface area contributed by atoms with Crippen LogP contribution in [0, 0.1) is 30.2 Å². The third-order valence-corrected chi connectivity index (χ3v) is 6.82. The summed E-state index contributed by atoms with van der Waals surface area (Å²) in [6, 6.07) is 6.83. The fourth-order valence-corrected chi connectivity index (χ4v) is 5.30. The molecule has 10 heteroatoms. The van der Waals surface area contributed by atoms with Gasteiger partial charge in [-0.05, 0) is 43.5 Å². The maximum Gasteiger partial charge on any atom is 0.293 e. The molecule has 3 N–H and O–H groups in total. The van der Waals surface area contributed by atoms with E-state index in [1.54, 1.807) is 0 Å². The summed E-state index contributed by atoms with van der Waals surface area (Å²) in [4.78, 5) is 25.7. The van der Waals surface area contributed by atoms with Crippen molar-refractivity contribution in [2.45, 2.75) is 38.8 Å². The number of carbonyl (C=O) groups excluding carboxylic acids is 2. The van der Waals surface area contributed by atoms with Crippen LogP contribution in [0.15, 0.2) is 24.3 Å². The van der Waals surface area contributed by atoms with Gasteiger partial charge in [0.25, 0.3) is 11.8 Å². The Hall–Kier alpha value is -3.40. The largest absolute Gasteiger partial charge is 0.334 e. The monoisotopic (exact) mass is 475 g/mol. The summed E-state index contributed by atoms with van der Waals surface area (Å²) in [7, 11) is 0. The number of carbonyl (C=O) groups is 2. The smallest absolute Gasteiger partial charge is 0.293 e. The minimum Gasteiger partial charge on any atom is -0.334 e. The first kappa shape index (κ1) is 22.4. The van der Waals surface area contributed by atoms with Gasteiger partial charge in [0, 0.05) is 17.3 Å². The molecule has 0 bridgehead atoms. The zero-order valence-corrected chi connectivity index (χ0v) is 18.4. The molecule has 0 fully saturated rings. The van der Waals surface area contributed by atoms with E-state index in [1.807, 2.05) is 5.43 Å². The molecular formula is C24H23F4N4O2+. The topological polar surface area (TPSA) is 67.6 Å². The molecule has 3 aromatic rings. The summed E-state index contributed by atoms with van der Waals surface area (Å²) >= 11 is 0. The number of fused-ring (bicyclic) bond motifs is 3. The van der Waals surface area contributed by atoms with Gasteiger partial charge in [0.2, 0.25) is 0 Å². The van der Waals surface area contributed by atoms with Gasteiger partial charge in [0.05, 0.1) is 24.3 Å². The highest BCUT2D eigenvalue weighted by atomic mass is 19.2. The lowest BCUT2D eigenvalue weighted by atomic mass is 9.89. The fourth-order valence-electron chi connectivity index (χ4n) is 5.30. The fraction of sp³-hybridized carbons (Fsp3) is 0.333. The highest BCUT2D eigenvalue weighted by molar-refractivity contribution is 5.95. The molecule has 2 aromatic carbocycles. The Morgan fingerprint density at radius 2 is 1.88 bits per heavy atom. The van der Waals surface area contributed by atoms with Crippen molar-refractivity contribution in [3.8, 4) is 0 Å². The van der Waals surface area contributed by atoms with Crippen molar-refractivity contribution in [1.82, 2.24) is 15.4 Å². The molecule has 6 nitrogen and oxygen atoms in total. The van der Waals surface area contributed by atoms with Gasteiger partial charge >= 0.3 is 0 Å². The standard InChI is InChI=1S/C24H22F4N4O2/c1-12-5-6-17-14(9-12)13-3-2-4-18-23(13)32(17)8-7-31(18)11-19(33)29-30-24(34)15-10-16(25)21(27)22(28)20(15)26/h5-6,9-10,18H,2-4,7-8,11H2,1H3,(H,29,33)(H,30,34)/p+1/t18-/m1/s1. The number of quaternary nitrogens is 1. The van der Waals surface area contributed by atoms with E-state index in [0.717, 1.165) is 30.7 Å². The number of aromatic nitrogens is 1. The van der Waals surface area contributed by atoms with Gasteiger partial charge in [-0.15, -0.1) is 0 Å². The van der Waals surface area contributed by atoms with Crippen LogP contribution in [0.3, 0.4) is 0 Å². The second-order valence-electron chi connectivity index (χ2n) is 8.92. The molecule has 1 unspecified atom stereocenters. The van der Waals surface area contributed by atoms with Crippen molar-refractivity contribution in [2.75, 3.05) is 13.1 Å². The van der Waals surface area contributed by atoms with Crippen LogP contribution in [-0.2, 0) is 17.8 Å². The average molecular weight is 475 g/mol. The SMILES string of the molecule is Cc1ccc2c(c1)c1c3n2CC[NH+](CC(=O)NNC(=O)c2cc(F)c(F)c(F)c2F)[C@@H]3CCC1. The number of benzene rings is 2. The number of aryl methyl sites for hydroxylation is 2. The van der Waals surface area contributed by atoms with E-state index in [4.69, 9.17) is 0 Å². The van der Waals surface area contributed by atoms with Gasteiger partial charge in [0.1, 0.15) is 6.04 Å². The second kappa shape index (κ2) is 8.43. The lowest BCUT2D eigenvalue weighted by Crippen LogP contribution is -3.15. The number of amides is 2.